The summed E-state index contributed by atoms with van der Waals surface area (Å²) < 4.78 is 0. The molecule has 1 rings (SSSR count). The van der Waals surface area contributed by atoms with Crippen molar-refractivity contribution in [1.82, 2.24) is 10.3 Å². The lowest BCUT2D eigenvalue weighted by Crippen LogP contribution is -2.31. The average molecular weight is 277 g/mol. The van der Waals surface area contributed by atoms with E-state index in [9.17, 15) is 10.1 Å². The first-order valence-electron chi connectivity index (χ1n) is 6.32. The Hall–Kier alpha value is -1.54. The fourth-order valence-corrected chi connectivity index (χ4v) is 2.68. The summed E-state index contributed by atoms with van der Waals surface area (Å²) in [5.74, 6) is -0.0169. The molecule has 102 valence electrons. The van der Waals surface area contributed by atoms with Gasteiger partial charge >= 0.3 is 0 Å². The summed E-state index contributed by atoms with van der Waals surface area (Å²) >= 11 is 1.34. The molecule has 1 aromatic rings. The van der Waals surface area contributed by atoms with Gasteiger partial charge in [0.05, 0.1) is 10.8 Å². The lowest BCUT2D eigenvalue weighted by molar-refractivity contribution is -0.120. The number of hydrogen-bond acceptors (Lipinski definition) is 4. The maximum absolute atomic E-state index is 11.8. The van der Waals surface area contributed by atoms with Gasteiger partial charge in [0.2, 0.25) is 5.91 Å². The van der Waals surface area contributed by atoms with Crippen LogP contribution in [-0.4, -0.2) is 22.7 Å². The normalized spacial score (nSPS) is 11.7. The summed E-state index contributed by atoms with van der Waals surface area (Å²) in [5, 5.41) is 12.4. The molecule has 0 aromatic carbocycles. The maximum Gasteiger partial charge on any atom is 0.233 e. The van der Waals surface area contributed by atoms with E-state index in [1.165, 1.54) is 11.8 Å². The van der Waals surface area contributed by atoms with Crippen molar-refractivity contribution in [2.45, 2.75) is 44.4 Å². The molecule has 1 N–H and O–H groups in total. The van der Waals surface area contributed by atoms with E-state index in [4.69, 9.17) is 0 Å². The van der Waals surface area contributed by atoms with Crippen molar-refractivity contribution in [2.75, 3.05) is 6.54 Å². The zero-order valence-corrected chi connectivity index (χ0v) is 12.6. The number of nitrogens with zero attached hydrogens (tertiary/aromatic N) is 2. The van der Waals surface area contributed by atoms with Gasteiger partial charge in [0.15, 0.2) is 0 Å². The Kier molecular flexibility index (Phi) is 5.84. The molecule has 0 saturated carbocycles. The number of thioether (sulfide) groups is 1. The molecule has 1 aromatic heterocycles. The lowest BCUT2D eigenvalue weighted by atomic mass is 10.1. The molecule has 1 heterocycles. The minimum atomic E-state index is -0.257. The molecule has 0 fully saturated rings. The highest BCUT2D eigenvalue weighted by Gasteiger charge is 2.18. The molecular weight excluding hydrogens is 258 g/mol. The Balaban J connectivity index is 2.87. The minimum absolute atomic E-state index is 0.0169. The Morgan fingerprint density at radius 2 is 2.26 bits per heavy atom. The molecule has 0 saturated heterocycles. The van der Waals surface area contributed by atoms with Gasteiger partial charge in [0.1, 0.15) is 11.1 Å². The van der Waals surface area contributed by atoms with Gasteiger partial charge in [0.25, 0.3) is 0 Å². The number of aryl methyl sites for hydroxylation is 2. The molecule has 1 amide bonds. The Bertz CT molecular complexity index is 508. The first kappa shape index (κ1) is 15.5. The maximum atomic E-state index is 11.8. The SMILES string of the molecule is CCCNC(=O)[C@@H](C)Sc1nc(C)cc(C)c1C#N. The van der Waals surface area contributed by atoms with Gasteiger partial charge in [-0.15, -0.1) is 0 Å². The van der Waals surface area contributed by atoms with Gasteiger partial charge in [-0.25, -0.2) is 4.98 Å². The van der Waals surface area contributed by atoms with Gasteiger partial charge < -0.3 is 5.32 Å². The van der Waals surface area contributed by atoms with Crippen LogP contribution in [0.25, 0.3) is 0 Å². The number of hydrogen-bond donors (Lipinski definition) is 1. The molecule has 0 aliphatic carbocycles. The highest BCUT2D eigenvalue weighted by Crippen LogP contribution is 2.27. The summed E-state index contributed by atoms with van der Waals surface area (Å²) in [6.45, 7) is 8.29. The molecule has 0 aliphatic rings. The third kappa shape index (κ3) is 4.25. The minimum Gasteiger partial charge on any atom is -0.355 e. The van der Waals surface area contributed by atoms with E-state index in [1.807, 2.05) is 33.8 Å². The molecule has 0 bridgehead atoms. The molecule has 0 aliphatic heterocycles. The van der Waals surface area contributed by atoms with E-state index in [1.54, 1.807) is 0 Å². The van der Waals surface area contributed by atoms with Crippen LogP contribution in [-0.2, 0) is 4.79 Å². The second-order valence-corrected chi connectivity index (χ2v) is 5.75. The van der Waals surface area contributed by atoms with Gasteiger partial charge in [-0.1, -0.05) is 18.7 Å². The van der Waals surface area contributed by atoms with Gasteiger partial charge in [0, 0.05) is 12.2 Å². The van der Waals surface area contributed by atoms with E-state index in [2.05, 4.69) is 16.4 Å². The second-order valence-electron chi connectivity index (χ2n) is 4.42. The molecule has 0 spiro atoms. The van der Waals surface area contributed by atoms with Crippen molar-refractivity contribution in [3.05, 3.63) is 22.9 Å². The van der Waals surface area contributed by atoms with Gasteiger partial charge in [-0.2, -0.15) is 5.26 Å². The van der Waals surface area contributed by atoms with Crippen molar-refractivity contribution in [3.63, 3.8) is 0 Å². The van der Waals surface area contributed by atoms with Crippen LogP contribution in [0.2, 0.25) is 0 Å². The van der Waals surface area contributed by atoms with Crippen LogP contribution in [0.4, 0.5) is 0 Å². The van der Waals surface area contributed by atoms with Gasteiger partial charge in [-0.05, 0) is 38.8 Å². The van der Waals surface area contributed by atoms with Crippen LogP contribution in [0.1, 0.15) is 37.1 Å². The summed E-state index contributed by atoms with van der Waals surface area (Å²) in [6.07, 6.45) is 0.911. The number of aromatic nitrogens is 1. The molecular formula is C14H19N3OS. The first-order chi connectivity index (χ1) is 8.99. The van der Waals surface area contributed by atoms with Crippen molar-refractivity contribution in [1.29, 1.82) is 5.26 Å². The van der Waals surface area contributed by atoms with E-state index >= 15 is 0 Å². The number of amides is 1. The predicted molar refractivity (Wildman–Crippen MR) is 77.0 cm³/mol. The van der Waals surface area contributed by atoms with E-state index in [0.717, 1.165) is 17.7 Å². The largest absolute Gasteiger partial charge is 0.355 e. The zero-order valence-electron chi connectivity index (χ0n) is 11.8. The fraction of sp³-hybridized carbons (Fsp3) is 0.500. The van der Waals surface area contributed by atoms with Crippen molar-refractivity contribution < 1.29 is 4.79 Å². The third-order valence-electron chi connectivity index (χ3n) is 2.63. The fourth-order valence-electron chi connectivity index (χ4n) is 1.64. The number of nitrogens with one attached hydrogen (secondary N) is 1. The standard InChI is InChI=1S/C14H19N3OS/c1-5-6-16-13(18)11(4)19-14-12(8-15)9(2)7-10(3)17-14/h7,11H,5-6H2,1-4H3,(H,16,18)/t11-/m1/s1. The van der Waals surface area contributed by atoms with Crippen LogP contribution in [0.3, 0.4) is 0 Å². The van der Waals surface area contributed by atoms with Crippen LogP contribution in [0.5, 0.6) is 0 Å². The highest BCUT2D eigenvalue weighted by atomic mass is 32.2. The summed E-state index contributed by atoms with van der Waals surface area (Å²) in [7, 11) is 0. The number of nitriles is 1. The highest BCUT2D eigenvalue weighted by molar-refractivity contribution is 8.00. The molecule has 4 nitrogen and oxygen atoms in total. The summed E-state index contributed by atoms with van der Waals surface area (Å²) in [5.41, 5.74) is 2.32. The van der Waals surface area contributed by atoms with Crippen LogP contribution in [0, 0.1) is 25.2 Å². The second kappa shape index (κ2) is 7.15. The van der Waals surface area contributed by atoms with Crippen molar-refractivity contribution >= 4 is 17.7 Å². The lowest BCUT2D eigenvalue weighted by Gasteiger charge is -2.13. The topological polar surface area (TPSA) is 65.8 Å². The Morgan fingerprint density at radius 1 is 1.58 bits per heavy atom. The molecule has 0 radical (unpaired) electrons. The summed E-state index contributed by atoms with van der Waals surface area (Å²) in [4.78, 5) is 16.2. The van der Waals surface area contributed by atoms with Crippen molar-refractivity contribution in [3.8, 4) is 6.07 Å². The van der Waals surface area contributed by atoms with Crippen LogP contribution >= 0.6 is 11.8 Å². The van der Waals surface area contributed by atoms with Crippen LogP contribution in [0.15, 0.2) is 11.1 Å². The first-order valence-corrected chi connectivity index (χ1v) is 7.20. The monoisotopic (exact) mass is 277 g/mol. The zero-order chi connectivity index (χ0) is 14.4. The van der Waals surface area contributed by atoms with E-state index in [-0.39, 0.29) is 11.2 Å². The quantitative estimate of drug-likeness (QED) is 0.840. The smallest absolute Gasteiger partial charge is 0.233 e. The van der Waals surface area contributed by atoms with Crippen LogP contribution < -0.4 is 5.32 Å². The number of pyridine rings is 1. The molecule has 19 heavy (non-hydrogen) atoms. The number of rotatable bonds is 5. The molecule has 5 heteroatoms. The van der Waals surface area contributed by atoms with Gasteiger partial charge in [-0.3, -0.25) is 4.79 Å². The predicted octanol–water partition coefficient (Wildman–Crippen LogP) is 2.58. The summed E-state index contributed by atoms with van der Waals surface area (Å²) in [6, 6.07) is 4.04. The average Bonchev–Trinajstić information content (AvgIpc) is 2.35. The third-order valence-corrected chi connectivity index (χ3v) is 3.72. The Labute approximate surface area is 118 Å². The van der Waals surface area contributed by atoms with E-state index in [0.29, 0.717) is 17.1 Å². The molecule has 1 atom stereocenters. The Morgan fingerprint density at radius 3 is 2.84 bits per heavy atom. The number of carbonyl (C=O) groups excluding carboxylic acids is 1. The number of carbonyl (C=O) groups is 1. The van der Waals surface area contributed by atoms with E-state index < -0.39 is 0 Å². The van der Waals surface area contributed by atoms with Crippen molar-refractivity contribution in [2.24, 2.45) is 0 Å². The molecule has 0 unspecified atom stereocenters.